The first-order valence-electron chi connectivity index (χ1n) is 9.51. The van der Waals surface area contributed by atoms with Crippen LogP contribution in [0.4, 0.5) is 0 Å². The van der Waals surface area contributed by atoms with E-state index in [-0.39, 0.29) is 18.9 Å². The molecule has 3 rings (SSSR count). The number of rotatable bonds is 10. The summed E-state index contributed by atoms with van der Waals surface area (Å²) >= 11 is 0. The van der Waals surface area contributed by atoms with Crippen LogP contribution in [0.15, 0.2) is 30.6 Å². The van der Waals surface area contributed by atoms with Gasteiger partial charge in [-0.3, -0.25) is 5.41 Å². The van der Waals surface area contributed by atoms with Crippen LogP contribution in [-0.2, 0) is 16.9 Å². The number of aromatic nitrogens is 4. The fourth-order valence-electron chi connectivity index (χ4n) is 2.80. The molecule has 0 spiro atoms. The molecular formula is C20H27N5O4. The average Bonchev–Trinajstić information content (AvgIpc) is 3.14. The number of hydrogen-bond acceptors (Lipinski definition) is 7. The third-order valence-electron chi connectivity index (χ3n) is 4.36. The van der Waals surface area contributed by atoms with Gasteiger partial charge in [-0.15, -0.1) is 0 Å². The number of unbranched alkanes of at least 4 members (excludes halogenated alkanes) is 1. The molecule has 3 aromatic rings. The Balaban J connectivity index is 1.73. The van der Waals surface area contributed by atoms with Crippen molar-refractivity contribution in [3.8, 4) is 5.75 Å². The summed E-state index contributed by atoms with van der Waals surface area (Å²) < 4.78 is 12.8. The zero-order valence-corrected chi connectivity index (χ0v) is 16.7. The van der Waals surface area contributed by atoms with Gasteiger partial charge in [0.2, 0.25) is 0 Å². The molecule has 2 heterocycles. The SMILES string of the molecule is CC(C)(O)c1nc2c([nH]1)c(=N)ncn2Cc1cccc(OCOCCCCO)c1. The molecule has 0 radical (unpaired) electrons. The molecule has 0 aliphatic rings. The molecular weight excluding hydrogens is 374 g/mol. The second-order valence-corrected chi connectivity index (χ2v) is 7.31. The Morgan fingerprint density at radius 2 is 2.10 bits per heavy atom. The number of ether oxygens (including phenoxy) is 2. The third-order valence-corrected chi connectivity index (χ3v) is 4.36. The molecule has 0 saturated carbocycles. The van der Waals surface area contributed by atoms with Gasteiger partial charge in [-0.2, -0.15) is 0 Å². The fourth-order valence-corrected chi connectivity index (χ4v) is 2.80. The maximum Gasteiger partial charge on any atom is 0.189 e. The van der Waals surface area contributed by atoms with Gasteiger partial charge in [-0.1, -0.05) is 12.1 Å². The Bertz CT molecular complexity index is 1010. The maximum atomic E-state index is 10.2. The third kappa shape index (κ3) is 5.41. The number of fused-ring (bicyclic) bond motifs is 1. The van der Waals surface area contributed by atoms with Crippen molar-refractivity contribution >= 4 is 11.2 Å². The molecule has 0 bridgehead atoms. The lowest BCUT2D eigenvalue weighted by molar-refractivity contribution is 0.0124. The highest BCUT2D eigenvalue weighted by molar-refractivity contribution is 5.69. The quantitative estimate of drug-likeness (QED) is 0.302. The number of aliphatic hydroxyl groups is 2. The molecule has 0 amide bonds. The smallest absolute Gasteiger partial charge is 0.189 e. The van der Waals surface area contributed by atoms with Gasteiger partial charge in [-0.05, 0) is 44.4 Å². The van der Waals surface area contributed by atoms with Crippen molar-refractivity contribution < 1.29 is 19.7 Å². The highest BCUT2D eigenvalue weighted by atomic mass is 16.7. The first-order valence-corrected chi connectivity index (χ1v) is 9.51. The van der Waals surface area contributed by atoms with Crippen LogP contribution >= 0.6 is 0 Å². The van der Waals surface area contributed by atoms with Gasteiger partial charge in [0.15, 0.2) is 17.9 Å². The first-order chi connectivity index (χ1) is 13.9. The molecule has 29 heavy (non-hydrogen) atoms. The molecule has 0 unspecified atom stereocenters. The van der Waals surface area contributed by atoms with Crippen LogP contribution in [0.3, 0.4) is 0 Å². The normalized spacial score (nSPS) is 11.9. The van der Waals surface area contributed by atoms with Gasteiger partial charge in [-0.25, -0.2) is 9.97 Å². The van der Waals surface area contributed by atoms with E-state index in [1.54, 1.807) is 20.2 Å². The number of benzene rings is 1. The number of aromatic amines is 1. The van der Waals surface area contributed by atoms with Crippen LogP contribution in [0, 0.1) is 5.41 Å². The van der Waals surface area contributed by atoms with E-state index in [0.717, 1.165) is 12.0 Å². The van der Waals surface area contributed by atoms with E-state index >= 15 is 0 Å². The maximum absolute atomic E-state index is 10.2. The van der Waals surface area contributed by atoms with Crippen LogP contribution in [-0.4, -0.2) is 49.7 Å². The summed E-state index contributed by atoms with van der Waals surface area (Å²) in [5, 5.41) is 27.0. The van der Waals surface area contributed by atoms with E-state index in [2.05, 4.69) is 15.0 Å². The summed E-state index contributed by atoms with van der Waals surface area (Å²) in [6, 6.07) is 7.63. The highest BCUT2D eigenvalue weighted by Gasteiger charge is 2.22. The molecule has 156 valence electrons. The zero-order chi connectivity index (χ0) is 20.9. The summed E-state index contributed by atoms with van der Waals surface area (Å²) in [4.78, 5) is 11.6. The largest absolute Gasteiger partial charge is 0.468 e. The number of H-pyrrole nitrogens is 1. The molecule has 0 saturated heterocycles. The fraction of sp³-hybridized carbons (Fsp3) is 0.450. The van der Waals surface area contributed by atoms with Crippen molar-refractivity contribution in [2.24, 2.45) is 0 Å². The number of aliphatic hydroxyl groups excluding tert-OH is 1. The van der Waals surface area contributed by atoms with Crippen LogP contribution in [0.2, 0.25) is 0 Å². The first kappa shape index (κ1) is 21.0. The topological polar surface area (TPSA) is 129 Å². The molecule has 9 heteroatoms. The molecule has 0 aliphatic carbocycles. The van der Waals surface area contributed by atoms with Crippen molar-refractivity contribution in [1.29, 1.82) is 5.41 Å². The van der Waals surface area contributed by atoms with Gasteiger partial charge in [0.1, 0.15) is 22.7 Å². The van der Waals surface area contributed by atoms with E-state index < -0.39 is 5.60 Å². The molecule has 9 nitrogen and oxygen atoms in total. The van der Waals surface area contributed by atoms with Crippen LogP contribution in [0.5, 0.6) is 5.75 Å². The molecule has 0 atom stereocenters. The zero-order valence-electron chi connectivity index (χ0n) is 16.7. The lowest BCUT2D eigenvalue weighted by Gasteiger charge is -2.12. The monoisotopic (exact) mass is 401 g/mol. The van der Waals surface area contributed by atoms with E-state index in [1.165, 1.54) is 0 Å². The van der Waals surface area contributed by atoms with Crippen LogP contribution in [0.25, 0.3) is 11.2 Å². The standard InChI is InChI=1S/C20H27N5O4/c1-20(2,27)19-23-16-17(21)22-12-25(18(16)24-19)11-14-6-5-7-15(10-14)29-13-28-9-4-3-8-26/h5-7,10,12,21,26-27H,3-4,8-9,11,13H2,1-2H3,(H,23,24). The average molecular weight is 401 g/mol. The lowest BCUT2D eigenvalue weighted by atomic mass is 10.1. The van der Waals surface area contributed by atoms with Gasteiger partial charge in [0.05, 0.1) is 19.5 Å². The summed E-state index contributed by atoms with van der Waals surface area (Å²) in [5.41, 5.74) is 0.943. The van der Waals surface area contributed by atoms with Crippen molar-refractivity contribution in [1.82, 2.24) is 19.5 Å². The number of nitrogens with one attached hydrogen (secondary N) is 2. The lowest BCUT2D eigenvalue weighted by Crippen LogP contribution is -2.17. The van der Waals surface area contributed by atoms with E-state index in [4.69, 9.17) is 20.0 Å². The predicted molar refractivity (Wildman–Crippen MR) is 106 cm³/mol. The second-order valence-electron chi connectivity index (χ2n) is 7.31. The van der Waals surface area contributed by atoms with Gasteiger partial charge >= 0.3 is 0 Å². The Morgan fingerprint density at radius 1 is 1.28 bits per heavy atom. The van der Waals surface area contributed by atoms with Crippen molar-refractivity contribution in [2.75, 3.05) is 20.0 Å². The van der Waals surface area contributed by atoms with Crippen LogP contribution in [0.1, 0.15) is 38.1 Å². The Labute approximate surface area is 168 Å². The Morgan fingerprint density at radius 3 is 2.86 bits per heavy atom. The summed E-state index contributed by atoms with van der Waals surface area (Å²) in [6.45, 7) is 4.62. The molecule has 0 fully saturated rings. The van der Waals surface area contributed by atoms with E-state index in [1.807, 2.05) is 28.8 Å². The summed E-state index contributed by atoms with van der Waals surface area (Å²) in [7, 11) is 0. The molecule has 4 N–H and O–H groups in total. The predicted octanol–water partition coefficient (Wildman–Crippen LogP) is 1.64. The number of nitrogens with zero attached hydrogens (tertiary/aromatic N) is 3. The van der Waals surface area contributed by atoms with Crippen molar-refractivity contribution in [3.05, 3.63) is 47.5 Å². The molecule has 2 aromatic heterocycles. The van der Waals surface area contributed by atoms with Crippen molar-refractivity contribution in [2.45, 2.75) is 38.8 Å². The van der Waals surface area contributed by atoms with Crippen molar-refractivity contribution in [3.63, 3.8) is 0 Å². The van der Waals surface area contributed by atoms with Gasteiger partial charge in [0, 0.05) is 6.61 Å². The summed E-state index contributed by atoms with van der Waals surface area (Å²) in [6.07, 6.45) is 3.08. The van der Waals surface area contributed by atoms with Crippen LogP contribution < -0.4 is 10.2 Å². The molecule has 0 aliphatic heterocycles. The minimum absolute atomic E-state index is 0.0784. The minimum atomic E-state index is -1.14. The van der Waals surface area contributed by atoms with Gasteiger partial charge < -0.3 is 29.2 Å². The Kier molecular flexibility index (Phi) is 6.63. The number of hydrogen-bond donors (Lipinski definition) is 4. The van der Waals surface area contributed by atoms with E-state index in [0.29, 0.717) is 42.3 Å². The second kappa shape index (κ2) is 9.17. The molecule has 1 aromatic carbocycles. The van der Waals surface area contributed by atoms with E-state index in [9.17, 15) is 5.11 Å². The summed E-state index contributed by atoms with van der Waals surface area (Å²) in [5.74, 6) is 1.07. The minimum Gasteiger partial charge on any atom is -0.468 e. The highest BCUT2D eigenvalue weighted by Crippen LogP contribution is 2.20. The Hall–Kier alpha value is -2.75. The van der Waals surface area contributed by atoms with Gasteiger partial charge in [0.25, 0.3) is 0 Å². The number of imidazole rings is 1.